The standard InChI is InChI=1S/C11H12N2O3/c1-7-6-8(11-15-4-5-16-11)2-3-9(7)10(12)13-14/h2-6,11,14H,1H3,(H2,12,13). The lowest BCUT2D eigenvalue weighted by atomic mass is 10.0. The Morgan fingerprint density at radius 3 is 2.62 bits per heavy atom. The number of ether oxygens (including phenoxy) is 2. The highest BCUT2D eigenvalue weighted by Crippen LogP contribution is 2.25. The number of aryl methyl sites for hydroxylation is 1. The fourth-order valence-electron chi connectivity index (χ4n) is 1.57. The van der Waals surface area contributed by atoms with Gasteiger partial charge < -0.3 is 20.4 Å². The largest absolute Gasteiger partial charge is 0.455 e. The third-order valence-electron chi connectivity index (χ3n) is 2.37. The lowest BCUT2D eigenvalue weighted by Gasteiger charge is -2.12. The van der Waals surface area contributed by atoms with Crippen LogP contribution in [-0.4, -0.2) is 11.0 Å². The average molecular weight is 220 g/mol. The summed E-state index contributed by atoms with van der Waals surface area (Å²) in [5, 5.41) is 11.6. The zero-order valence-electron chi connectivity index (χ0n) is 8.75. The van der Waals surface area contributed by atoms with Gasteiger partial charge in [0.15, 0.2) is 5.84 Å². The summed E-state index contributed by atoms with van der Waals surface area (Å²) in [6, 6.07) is 5.47. The van der Waals surface area contributed by atoms with Gasteiger partial charge in [-0.1, -0.05) is 17.3 Å². The highest BCUT2D eigenvalue weighted by atomic mass is 16.7. The molecule has 1 aromatic carbocycles. The fraction of sp³-hybridized carbons (Fsp3) is 0.182. The monoisotopic (exact) mass is 220 g/mol. The Bertz CT molecular complexity index is 447. The molecule has 0 fully saturated rings. The normalized spacial score (nSPS) is 15.9. The van der Waals surface area contributed by atoms with E-state index in [2.05, 4.69) is 5.16 Å². The number of oxime groups is 1. The predicted octanol–water partition coefficient (Wildman–Crippen LogP) is 1.61. The van der Waals surface area contributed by atoms with Gasteiger partial charge in [-0.3, -0.25) is 0 Å². The molecule has 84 valence electrons. The third-order valence-corrected chi connectivity index (χ3v) is 2.37. The number of rotatable bonds is 2. The second kappa shape index (κ2) is 4.14. The molecule has 5 nitrogen and oxygen atoms in total. The minimum absolute atomic E-state index is 0.0930. The Morgan fingerprint density at radius 1 is 1.38 bits per heavy atom. The minimum atomic E-state index is -0.403. The summed E-state index contributed by atoms with van der Waals surface area (Å²) < 4.78 is 10.4. The molecule has 3 N–H and O–H groups in total. The highest BCUT2D eigenvalue weighted by Gasteiger charge is 2.16. The van der Waals surface area contributed by atoms with Gasteiger partial charge in [0.2, 0.25) is 0 Å². The molecule has 0 aliphatic carbocycles. The van der Waals surface area contributed by atoms with Gasteiger partial charge >= 0.3 is 0 Å². The number of benzene rings is 1. The van der Waals surface area contributed by atoms with Crippen LogP contribution in [0.1, 0.15) is 23.0 Å². The number of nitrogens with zero attached hydrogens (tertiary/aromatic N) is 1. The van der Waals surface area contributed by atoms with E-state index >= 15 is 0 Å². The summed E-state index contributed by atoms with van der Waals surface area (Å²) in [5.74, 6) is 0.0930. The van der Waals surface area contributed by atoms with Crippen LogP contribution in [0.3, 0.4) is 0 Å². The third kappa shape index (κ3) is 1.79. The molecular formula is C11H12N2O3. The first-order valence-electron chi connectivity index (χ1n) is 4.77. The van der Waals surface area contributed by atoms with E-state index in [1.54, 1.807) is 6.07 Å². The first-order chi connectivity index (χ1) is 7.72. The van der Waals surface area contributed by atoms with Crippen LogP contribution in [0, 0.1) is 6.92 Å². The minimum Gasteiger partial charge on any atom is -0.455 e. The lowest BCUT2D eigenvalue weighted by molar-refractivity contribution is -0.0246. The molecule has 16 heavy (non-hydrogen) atoms. The molecule has 1 aromatic rings. The van der Waals surface area contributed by atoms with Crippen molar-refractivity contribution in [1.82, 2.24) is 0 Å². The smallest absolute Gasteiger partial charge is 0.266 e. The topological polar surface area (TPSA) is 77.1 Å². The molecule has 0 bridgehead atoms. The van der Waals surface area contributed by atoms with Crippen LogP contribution < -0.4 is 5.73 Å². The molecule has 1 heterocycles. The summed E-state index contributed by atoms with van der Waals surface area (Å²) >= 11 is 0. The Balaban J connectivity index is 2.29. The van der Waals surface area contributed by atoms with Crippen LogP contribution in [0.4, 0.5) is 0 Å². The summed E-state index contributed by atoms with van der Waals surface area (Å²) in [4.78, 5) is 0. The van der Waals surface area contributed by atoms with Crippen LogP contribution in [0.5, 0.6) is 0 Å². The van der Waals surface area contributed by atoms with Gasteiger partial charge in [0.1, 0.15) is 12.5 Å². The van der Waals surface area contributed by atoms with Crippen LogP contribution in [-0.2, 0) is 9.47 Å². The Hall–Kier alpha value is -2.17. The Kier molecular flexibility index (Phi) is 2.68. The molecule has 0 saturated carbocycles. The van der Waals surface area contributed by atoms with Gasteiger partial charge in [0.25, 0.3) is 6.29 Å². The van der Waals surface area contributed by atoms with Crippen LogP contribution in [0.15, 0.2) is 35.9 Å². The van der Waals surface area contributed by atoms with Crippen molar-refractivity contribution in [3.05, 3.63) is 47.4 Å². The maximum Gasteiger partial charge on any atom is 0.266 e. The van der Waals surface area contributed by atoms with Crippen molar-refractivity contribution in [3.8, 4) is 0 Å². The van der Waals surface area contributed by atoms with E-state index in [0.29, 0.717) is 5.56 Å². The molecule has 2 rings (SSSR count). The van der Waals surface area contributed by atoms with Gasteiger partial charge in [0, 0.05) is 11.1 Å². The summed E-state index contributed by atoms with van der Waals surface area (Å²) in [7, 11) is 0. The number of nitrogens with two attached hydrogens (primary N) is 1. The summed E-state index contributed by atoms with van der Waals surface area (Å²) in [6.07, 6.45) is 2.59. The van der Waals surface area contributed by atoms with E-state index in [1.807, 2.05) is 19.1 Å². The molecule has 1 aliphatic rings. The second-order valence-electron chi connectivity index (χ2n) is 3.44. The number of hydrogen-bond acceptors (Lipinski definition) is 4. The maximum absolute atomic E-state index is 8.60. The summed E-state index contributed by atoms with van der Waals surface area (Å²) in [5.41, 5.74) is 8.00. The van der Waals surface area contributed by atoms with Crippen molar-refractivity contribution in [3.63, 3.8) is 0 Å². The molecule has 0 aromatic heterocycles. The van der Waals surface area contributed by atoms with Crippen molar-refractivity contribution in [2.75, 3.05) is 0 Å². The predicted molar refractivity (Wildman–Crippen MR) is 57.7 cm³/mol. The molecular weight excluding hydrogens is 208 g/mol. The van der Waals surface area contributed by atoms with Gasteiger partial charge in [0.05, 0.1) is 0 Å². The zero-order chi connectivity index (χ0) is 11.5. The van der Waals surface area contributed by atoms with Crippen LogP contribution in [0.25, 0.3) is 0 Å². The summed E-state index contributed by atoms with van der Waals surface area (Å²) in [6.45, 7) is 1.87. The molecule has 0 saturated heterocycles. The SMILES string of the molecule is Cc1cc(C2OC=CO2)ccc1/C(N)=N/O. The molecule has 0 spiro atoms. The Morgan fingerprint density at radius 2 is 2.06 bits per heavy atom. The van der Waals surface area contributed by atoms with Crippen molar-refractivity contribution in [2.24, 2.45) is 10.9 Å². The molecule has 0 radical (unpaired) electrons. The molecule has 0 amide bonds. The van der Waals surface area contributed by atoms with E-state index in [0.717, 1.165) is 11.1 Å². The van der Waals surface area contributed by atoms with Gasteiger partial charge in [-0.15, -0.1) is 0 Å². The maximum atomic E-state index is 8.60. The number of amidine groups is 1. The fourth-order valence-corrected chi connectivity index (χ4v) is 1.57. The number of hydrogen-bond donors (Lipinski definition) is 2. The zero-order valence-corrected chi connectivity index (χ0v) is 8.75. The Labute approximate surface area is 92.8 Å². The van der Waals surface area contributed by atoms with E-state index in [-0.39, 0.29) is 5.84 Å². The van der Waals surface area contributed by atoms with Crippen molar-refractivity contribution < 1.29 is 14.7 Å². The van der Waals surface area contributed by atoms with Crippen LogP contribution >= 0.6 is 0 Å². The molecule has 0 atom stereocenters. The van der Waals surface area contributed by atoms with E-state index in [9.17, 15) is 0 Å². The van der Waals surface area contributed by atoms with E-state index in [4.69, 9.17) is 20.4 Å². The van der Waals surface area contributed by atoms with Gasteiger partial charge in [-0.05, 0) is 18.6 Å². The van der Waals surface area contributed by atoms with Crippen molar-refractivity contribution in [1.29, 1.82) is 0 Å². The second-order valence-corrected chi connectivity index (χ2v) is 3.44. The van der Waals surface area contributed by atoms with Crippen molar-refractivity contribution >= 4 is 5.84 Å². The van der Waals surface area contributed by atoms with E-state index in [1.165, 1.54) is 12.5 Å². The van der Waals surface area contributed by atoms with E-state index < -0.39 is 6.29 Å². The van der Waals surface area contributed by atoms with Gasteiger partial charge in [-0.2, -0.15) is 0 Å². The van der Waals surface area contributed by atoms with Crippen molar-refractivity contribution in [2.45, 2.75) is 13.2 Å². The molecule has 0 unspecified atom stereocenters. The molecule has 1 aliphatic heterocycles. The quantitative estimate of drug-likeness (QED) is 0.343. The van der Waals surface area contributed by atoms with Gasteiger partial charge in [-0.25, -0.2) is 0 Å². The highest BCUT2D eigenvalue weighted by molar-refractivity contribution is 5.98. The lowest BCUT2D eigenvalue weighted by Crippen LogP contribution is -2.15. The van der Waals surface area contributed by atoms with Crippen LogP contribution in [0.2, 0.25) is 0 Å². The molecule has 5 heteroatoms. The first kappa shape index (κ1) is 10.4. The first-order valence-corrected chi connectivity index (χ1v) is 4.77. The average Bonchev–Trinajstić information content (AvgIpc) is 2.81.